The molecule has 1 unspecified atom stereocenters. The van der Waals surface area contributed by atoms with E-state index in [0.29, 0.717) is 11.4 Å². The summed E-state index contributed by atoms with van der Waals surface area (Å²) in [5, 5.41) is 16.7. The van der Waals surface area contributed by atoms with Gasteiger partial charge in [-0.05, 0) is 26.7 Å². The van der Waals surface area contributed by atoms with Crippen LogP contribution in [-0.4, -0.2) is 50.7 Å². The number of nitrogens with zero attached hydrogens (tertiary/aromatic N) is 3. The summed E-state index contributed by atoms with van der Waals surface area (Å²) in [5.41, 5.74) is -0.757. The van der Waals surface area contributed by atoms with Gasteiger partial charge in [0, 0.05) is 26.6 Å². The highest BCUT2D eigenvalue weighted by molar-refractivity contribution is 5.90. The third kappa shape index (κ3) is 3.44. The minimum absolute atomic E-state index is 0.0917. The maximum atomic E-state index is 12.9. The molecule has 0 radical (unpaired) electrons. The van der Waals surface area contributed by atoms with Crippen LogP contribution < -0.4 is 5.32 Å². The third-order valence-electron chi connectivity index (χ3n) is 4.37. The van der Waals surface area contributed by atoms with Gasteiger partial charge in [-0.25, -0.2) is 4.79 Å². The number of aliphatic hydroxyl groups is 1. The average Bonchev–Trinajstić information content (AvgIpc) is 2.63. The Kier molecular flexibility index (Phi) is 4.61. The molecule has 1 atom stereocenters. The van der Waals surface area contributed by atoms with Crippen molar-refractivity contribution in [3.05, 3.63) is 11.4 Å². The van der Waals surface area contributed by atoms with E-state index in [4.69, 9.17) is 0 Å². The number of likely N-dealkylation sites (tertiary alicyclic amines) is 1. The highest BCUT2D eigenvalue weighted by atomic mass is 19.4. The number of nitrogens with one attached hydrogen (secondary N) is 1. The number of aromatic nitrogens is 2. The lowest BCUT2D eigenvalue weighted by atomic mass is 9.94. The molecule has 0 saturated carbocycles. The standard InChI is InChI=1S/C14H21F3N4O2/c1-9-11(10(2)20(3)19-9)18-12(22)21-7-4-5-13(23,6-8-21)14(15,16)17/h23H,4-8H2,1-3H3,(H,18,22). The fourth-order valence-corrected chi connectivity index (χ4v) is 2.75. The van der Waals surface area contributed by atoms with E-state index in [1.165, 1.54) is 4.90 Å². The summed E-state index contributed by atoms with van der Waals surface area (Å²) in [4.78, 5) is 13.6. The first-order chi connectivity index (χ1) is 10.5. The second kappa shape index (κ2) is 6.03. The van der Waals surface area contributed by atoms with Crippen molar-refractivity contribution in [3.8, 4) is 0 Å². The van der Waals surface area contributed by atoms with Crippen molar-refractivity contribution in [2.24, 2.45) is 7.05 Å². The summed E-state index contributed by atoms with van der Waals surface area (Å²) in [7, 11) is 1.74. The number of urea groups is 1. The van der Waals surface area contributed by atoms with E-state index in [0.717, 1.165) is 5.69 Å². The Morgan fingerprint density at radius 2 is 1.96 bits per heavy atom. The van der Waals surface area contributed by atoms with Crippen molar-refractivity contribution in [2.75, 3.05) is 18.4 Å². The van der Waals surface area contributed by atoms with Crippen LogP contribution in [0, 0.1) is 13.8 Å². The first-order valence-electron chi connectivity index (χ1n) is 7.40. The highest BCUT2D eigenvalue weighted by Crippen LogP contribution is 2.38. The van der Waals surface area contributed by atoms with E-state index in [-0.39, 0.29) is 19.5 Å². The molecule has 2 rings (SSSR count). The Balaban J connectivity index is 2.07. The lowest BCUT2D eigenvalue weighted by Crippen LogP contribution is -2.46. The zero-order valence-corrected chi connectivity index (χ0v) is 13.4. The molecule has 130 valence electrons. The number of carbonyl (C=O) groups is 1. The molecule has 1 saturated heterocycles. The van der Waals surface area contributed by atoms with E-state index in [1.54, 1.807) is 25.6 Å². The predicted octanol–water partition coefficient (Wildman–Crippen LogP) is 2.35. The van der Waals surface area contributed by atoms with E-state index in [9.17, 15) is 23.1 Å². The van der Waals surface area contributed by atoms with Crippen LogP contribution in [0.25, 0.3) is 0 Å². The Morgan fingerprint density at radius 1 is 1.30 bits per heavy atom. The molecule has 0 spiro atoms. The van der Waals surface area contributed by atoms with Gasteiger partial charge in [-0.15, -0.1) is 0 Å². The predicted molar refractivity (Wildman–Crippen MR) is 78.1 cm³/mol. The third-order valence-corrected chi connectivity index (χ3v) is 4.37. The Bertz CT molecular complexity index is 600. The minimum atomic E-state index is -4.68. The zero-order chi connectivity index (χ0) is 17.4. The number of hydrogen-bond donors (Lipinski definition) is 2. The van der Waals surface area contributed by atoms with Crippen LogP contribution in [-0.2, 0) is 7.05 Å². The van der Waals surface area contributed by atoms with Crippen molar-refractivity contribution in [1.82, 2.24) is 14.7 Å². The van der Waals surface area contributed by atoms with Gasteiger partial charge in [-0.2, -0.15) is 18.3 Å². The van der Waals surface area contributed by atoms with Crippen LogP contribution in [0.2, 0.25) is 0 Å². The number of alkyl halides is 3. The van der Waals surface area contributed by atoms with Gasteiger partial charge in [-0.1, -0.05) is 0 Å². The Hall–Kier alpha value is -1.77. The summed E-state index contributed by atoms with van der Waals surface area (Å²) in [5.74, 6) is 0. The van der Waals surface area contributed by atoms with Gasteiger partial charge in [0.05, 0.1) is 17.1 Å². The lowest BCUT2D eigenvalue weighted by molar-refractivity contribution is -0.263. The van der Waals surface area contributed by atoms with E-state index >= 15 is 0 Å². The number of aryl methyl sites for hydroxylation is 2. The van der Waals surface area contributed by atoms with Crippen molar-refractivity contribution in [3.63, 3.8) is 0 Å². The van der Waals surface area contributed by atoms with Crippen molar-refractivity contribution in [2.45, 2.75) is 44.9 Å². The molecular formula is C14H21F3N4O2. The van der Waals surface area contributed by atoms with Crippen LogP contribution in [0.4, 0.5) is 23.7 Å². The van der Waals surface area contributed by atoms with Crippen molar-refractivity contribution < 1.29 is 23.1 Å². The number of amides is 2. The summed E-state index contributed by atoms with van der Waals surface area (Å²) >= 11 is 0. The van der Waals surface area contributed by atoms with Crippen LogP contribution in [0.3, 0.4) is 0 Å². The SMILES string of the molecule is Cc1nn(C)c(C)c1NC(=O)N1CCCC(O)(C(F)(F)F)CC1. The fourth-order valence-electron chi connectivity index (χ4n) is 2.75. The summed E-state index contributed by atoms with van der Waals surface area (Å²) < 4.78 is 40.3. The number of hydrogen-bond acceptors (Lipinski definition) is 3. The van der Waals surface area contributed by atoms with Crippen LogP contribution >= 0.6 is 0 Å². The fraction of sp³-hybridized carbons (Fsp3) is 0.714. The summed E-state index contributed by atoms with van der Waals surface area (Å²) in [6.45, 7) is 3.55. The van der Waals surface area contributed by atoms with E-state index in [2.05, 4.69) is 10.4 Å². The Labute approximate surface area is 132 Å². The normalized spacial score (nSPS) is 22.8. The lowest BCUT2D eigenvalue weighted by Gasteiger charge is -2.29. The van der Waals surface area contributed by atoms with E-state index < -0.39 is 30.7 Å². The molecular weight excluding hydrogens is 313 g/mol. The molecule has 0 aliphatic carbocycles. The second-order valence-corrected chi connectivity index (χ2v) is 5.97. The summed E-state index contributed by atoms with van der Waals surface area (Å²) in [6.07, 6.45) is -5.51. The zero-order valence-electron chi connectivity index (χ0n) is 13.4. The van der Waals surface area contributed by atoms with Crippen molar-refractivity contribution >= 4 is 11.7 Å². The number of rotatable bonds is 1. The molecule has 1 aromatic rings. The van der Waals surface area contributed by atoms with Gasteiger partial charge in [0.2, 0.25) is 0 Å². The minimum Gasteiger partial charge on any atom is -0.380 e. The van der Waals surface area contributed by atoms with Crippen LogP contribution in [0.5, 0.6) is 0 Å². The number of anilines is 1. The van der Waals surface area contributed by atoms with Gasteiger partial charge in [0.25, 0.3) is 0 Å². The average molecular weight is 334 g/mol. The molecule has 1 aliphatic rings. The van der Waals surface area contributed by atoms with Gasteiger partial charge >= 0.3 is 12.2 Å². The van der Waals surface area contributed by atoms with Gasteiger partial charge < -0.3 is 15.3 Å². The molecule has 2 N–H and O–H groups in total. The summed E-state index contributed by atoms with van der Waals surface area (Å²) in [6, 6.07) is -0.476. The monoisotopic (exact) mass is 334 g/mol. The largest absolute Gasteiger partial charge is 0.417 e. The molecule has 6 nitrogen and oxygen atoms in total. The molecule has 0 aromatic carbocycles. The molecule has 1 fully saturated rings. The van der Waals surface area contributed by atoms with Gasteiger partial charge in [-0.3, -0.25) is 4.68 Å². The molecule has 9 heteroatoms. The topological polar surface area (TPSA) is 70.4 Å². The molecule has 2 amide bonds. The molecule has 1 aliphatic heterocycles. The van der Waals surface area contributed by atoms with Gasteiger partial charge in [0.1, 0.15) is 0 Å². The van der Waals surface area contributed by atoms with Crippen molar-refractivity contribution in [1.29, 1.82) is 0 Å². The number of halogens is 3. The van der Waals surface area contributed by atoms with Gasteiger partial charge in [0.15, 0.2) is 5.60 Å². The van der Waals surface area contributed by atoms with E-state index in [1.807, 2.05) is 0 Å². The van der Waals surface area contributed by atoms with Crippen LogP contribution in [0.1, 0.15) is 30.7 Å². The van der Waals surface area contributed by atoms with Crippen LogP contribution in [0.15, 0.2) is 0 Å². The molecule has 0 bridgehead atoms. The molecule has 23 heavy (non-hydrogen) atoms. The second-order valence-electron chi connectivity index (χ2n) is 5.97. The smallest absolute Gasteiger partial charge is 0.380 e. The first-order valence-corrected chi connectivity index (χ1v) is 7.40. The first kappa shape index (κ1) is 17.6. The maximum absolute atomic E-state index is 12.9. The highest BCUT2D eigenvalue weighted by Gasteiger charge is 2.53. The quantitative estimate of drug-likeness (QED) is 0.828. The maximum Gasteiger partial charge on any atom is 0.417 e. The molecule has 1 aromatic heterocycles. The number of carbonyl (C=O) groups excluding carboxylic acids is 1. The molecule has 2 heterocycles. The Morgan fingerprint density at radius 3 is 2.48 bits per heavy atom.